The third-order valence-electron chi connectivity index (χ3n) is 8.19. The lowest BCUT2D eigenvalue weighted by Crippen LogP contribution is -2.69. The first-order valence-corrected chi connectivity index (χ1v) is 12.2. The molecule has 0 bridgehead atoms. The monoisotopic (exact) mass is 458 g/mol. The zero-order chi connectivity index (χ0) is 23.5. The van der Waals surface area contributed by atoms with Gasteiger partial charge >= 0.3 is 5.97 Å². The second-order valence-corrected chi connectivity index (χ2v) is 10.1. The van der Waals surface area contributed by atoms with Gasteiger partial charge in [-0.25, -0.2) is 9.18 Å². The van der Waals surface area contributed by atoms with Crippen LogP contribution >= 0.6 is 0 Å². The second-order valence-electron chi connectivity index (χ2n) is 10.1. The maximum atomic E-state index is 15.7. The van der Waals surface area contributed by atoms with Crippen molar-refractivity contribution in [1.29, 1.82) is 0 Å². The molecule has 0 aromatic heterocycles. The van der Waals surface area contributed by atoms with Crippen molar-refractivity contribution in [2.75, 3.05) is 24.5 Å². The van der Waals surface area contributed by atoms with Crippen molar-refractivity contribution in [1.82, 2.24) is 9.60 Å². The van der Waals surface area contributed by atoms with Crippen molar-refractivity contribution in [3.63, 3.8) is 0 Å². The van der Waals surface area contributed by atoms with Gasteiger partial charge in [-0.05, 0) is 52.0 Å². The number of hydrogen-bond donors (Lipinski definition) is 2. The molecule has 2 unspecified atom stereocenters. The van der Waals surface area contributed by atoms with Gasteiger partial charge in [0.1, 0.15) is 18.1 Å². The van der Waals surface area contributed by atoms with Crippen molar-refractivity contribution in [3.05, 3.63) is 34.8 Å². The lowest BCUT2D eigenvalue weighted by molar-refractivity contribution is -0.132. The first kappa shape index (κ1) is 22.5. The van der Waals surface area contributed by atoms with Gasteiger partial charge in [-0.1, -0.05) is 6.42 Å². The highest BCUT2D eigenvalue weighted by molar-refractivity contribution is 6.27. The first-order chi connectivity index (χ1) is 15.8. The van der Waals surface area contributed by atoms with Crippen LogP contribution in [0.1, 0.15) is 68.3 Å². The lowest BCUT2D eigenvalue weighted by atomic mass is 9.84. The molecule has 7 nitrogen and oxygen atoms in total. The van der Waals surface area contributed by atoms with E-state index in [1.54, 1.807) is 6.20 Å². The molecule has 0 saturated carbocycles. The fourth-order valence-corrected chi connectivity index (χ4v) is 6.48. The lowest BCUT2D eigenvalue weighted by Gasteiger charge is -2.54. The van der Waals surface area contributed by atoms with Crippen molar-refractivity contribution >= 4 is 23.1 Å². The molecule has 1 aromatic carbocycles. The van der Waals surface area contributed by atoms with Gasteiger partial charge < -0.3 is 15.1 Å². The van der Waals surface area contributed by atoms with Gasteiger partial charge in [-0.2, -0.15) is 4.59 Å². The van der Waals surface area contributed by atoms with Gasteiger partial charge in [0.15, 0.2) is 11.3 Å². The highest BCUT2D eigenvalue weighted by atomic mass is 19.1. The molecule has 0 spiro atoms. The van der Waals surface area contributed by atoms with Crippen LogP contribution in [0.5, 0.6) is 0 Å². The highest BCUT2D eigenvalue weighted by Gasteiger charge is 2.55. The van der Waals surface area contributed by atoms with Crippen LogP contribution in [0, 0.1) is 5.82 Å². The molecule has 4 heterocycles. The molecule has 2 N–H and O–H groups in total. The Labute approximate surface area is 193 Å². The molecule has 2 fully saturated rings. The standard InChI is InChI=1S/C25H32FN3O4/c1-15-5-3-4-10-28(15)29-14-20(25(32)33)24(31)19-13-21(26)22(27-11-8-17(30)9-12-27)18(23(19)29)7-6-16(29)2/h13-17,30H,3-12H2,1-2H3/p+1/t15-,16?,29?/m0/s1. The average Bonchev–Trinajstić information content (AvgIpc) is 2.78. The summed E-state index contributed by atoms with van der Waals surface area (Å²) in [6.45, 7) is 6.19. The number of anilines is 1. The van der Waals surface area contributed by atoms with Crippen LogP contribution in [-0.2, 0) is 11.2 Å². The van der Waals surface area contributed by atoms with Crippen LogP contribution in [0.2, 0.25) is 0 Å². The summed E-state index contributed by atoms with van der Waals surface area (Å²) in [5.41, 5.74) is 2.03. The van der Waals surface area contributed by atoms with Crippen LogP contribution in [0.15, 0.2) is 17.8 Å². The van der Waals surface area contributed by atoms with Crippen LogP contribution in [-0.4, -0.2) is 64.8 Å². The summed E-state index contributed by atoms with van der Waals surface area (Å²) in [5, 5.41) is 22.2. The number of halogens is 1. The molecular formula is C25H33FN3O4+. The van der Waals surface area contributed by atoms with Crippen molar-refractivity contribution in [2.45, 2.75) is 77.0 Å². The highest BCUT2D eigenvalue weighted by Crippen LogP contribution is 2.51. The van der Waals surface area contributed by atoms with E-state index in [2.05, 4.69) is 18.9 Å². The molecule has 3 atom stereocenters. The fraction of sp³-hybridized carbons (Fsp3) is 0.600. The summed E-state index contributed by atoms with van der Waals surface area (Å²) in [4.78, 5) is 27.4. The van der Waals surface area contributed by atoms with E-state index in [1.807, 2.05) is 4.90 Å². The number of aliphatic hydroxyl groups excluding tert-OH is 1. The van der Waals surface area contributed by atoms with E-state index in [0.717, 1.165) is 43.5 Å². The molecule has 0 amide bonds. The molecule has 4 aliphatic heterocycles. The van der Waals surface area contributed by atoms with E-state index in [4.69, 9.17) is 0 Å². The number of carbonyl (C=O) groups excluding carboxylic acids is 1. The molecule has 33 heavy (non-hydrogen) atoms. The smallest absolute Gasteiger partial charge is 0.345 e. The van der Waals surface area contributed by atoms with E-state index < -0.39 is 17.6 Å². The number of carbonyl (C=O) groups is 2. The van der Waals surface area contributed by atoms with Crippen LogP contribution in [0.3, 0.4) is 0 Å². The largest absolute Gasteiger partial charge is 0.477 e. The number of rotatable bonds is 3. The van der Waals surface area contributed by atoms with E-state index >= 15 is 4.39 Å². The Bertz CT molecular complexity index is 1030. The third-order valence-corrected chi connectivity index (χ3v) is 8.19. The zero-order valence-corrected chi connectivity index (χ0v) is 19.4. The molecule has 1 aromatic rings. The number of Topliss-reactive ketones (excluding diaryl/α,β-unsaturated/α-hetero) is 1. The van der Waals surface area contributed by atoms with Crippen molar-refractivity contribution < 1.29 is 24.2 Å². The maximum absolute atomic E-state index is 15.7. The summed E-state index contributed by atoms with van der Waals surface area (Å²) in [6.07, 6.45) is 6.96. The molecular weight excluding hydrogens is 425 g/mol. The number of aliphatic carboxylic acids is 1. The van der Waals surface area contributed by atoms with Gasteiger partial charge in [-0.15, -0.1) is 5.01 Å². The number of piperidine rings is 2. The maximum Gasteiger partial charge on any atom is 0.345 e. The molecule has 0 radical (unpaired) electrons. The Kier molecular flexibility index (Phi) is 5.58. The number of quaternary nitrogens is 1. The predicted molar refractivity (Wildman–Crippen MR) is 123 cm³/mol. The third kappa shape index (κ3) is 3.33. The SMILES string of the molecule is CC1CCc2c(N3CCC(O)CC3)c(F)cc3c2[N+]1(N1CCCC[C@@H]1C)C=C(C(=O)O)C3=O. The average molecular weight is 459 g/mol. The molecule has 8 heteroatoms. The van der Waals surface area contributed by atoms with E-state index in [-0.39, 0.29) is 33.9 Å². The van der Waals surface area contributed by atoms with Gasteiger partial charge in [-0.3, -0.25) is 4.79 Å². The molecule has 4 aliphatic rings. The second kappa shape index (κ2) is 8.18. The zero-order valence-electron chi connectivity index (χ0n) is 19.4. The Morgan fingerprint density at radius 3 is 2.52 bits per heavy atom. The van der Waals surface area contributed by atoms with E-state index in [9.17, 15) is 19.8 Å². The van der Waals surface area contributed by atoms with Gasteiger partial charge in [0.2, 0.25) is 5.78 Å². The first-order valence-electron chi connectivity index (χ1n) is 12.2. The van der Waals surface area contributed by atoms with Crippen molar-refractivity contribution in [3.8, 4) is 0 Å². The van der Waals surface area contributed by atoms with E-state index in [0.29, 0.717) is 38.0 Å². The Morgan fingerprint density at radius 2 is 1.85 bits per heavy atom. The number of benzene rings is 1. The summed E-state index contributed by atoms with van der Waals surface area (Å²) in [7, 11) is 0. The number of hydrogen-bond acceptors (Lipinski definition) is 5. The van der Waals surface area contributed by atoms with Crippen LogP contribution in [0.25, 0.3) is 0 Å². The minimum atomic E-state index is -1.26. The van der Waals surface area contributed by atoms with Gasteiger partial charge in [0, 0.05) is 31.6 Å². The summed E-state index contributed by atoms with van der Waals surface area (Å²) < 4.78 is 15.8. The number of carboxylic acid groups (broad SMARTS) is 1. The Balaban J connectivity index is 1.78. The summed E-state index contributed by atoms with van der Waals surface area (Å²) >= 11 is 0. The van der Waals surface area contributed by atoms with Gasteiger partial charge in [0.25, 0.3) is 0 Å². The van der Waals surface area contributed by atoms with Crippen LogP contribution in [0.4, 0.5) is 15.8 Å². The quantitative estimate of drug-likeness (QED) is 0.534. The normalized spacial score (nSPS) is 30.7. The fourth-order valence-electron chi connectivity index (χ4n) is 6.48. The number of carboxylic acids is 1. The summed E-state index contributed by atoms with van der Waals surface area (Å²) in [5.74, 6) is -2.34. The minimum Gasteiger partial charge on any atom is -0.477 e. The Morgan fingerprint density at radius 1 is 1.12 bits per heavy atom. The topological polar surface area (TPSA) is 81.1 Å². The molecule has 178 valence electrons. The molecule has 0 aliphatic carbocycles. The molecule has 5 rings (SSSR count). The Hall–Kier alpha value is -2.29. The molecule has 2 saturated heterocycles. The number of ketones is 1. The number of aliphatic hydroxyl groups is 1. The minimum absolute atomic E-state index is 0.0285. The number of nitrogens with zero attached hydrogens (tertiary/aromatic N) is 3. The van der Waals surface area contributed by atoms with E-state index in [1.165, 1.54) is 6.07 Å². The predicted octanol–water partition coefficient (Wildman–Crippen LogP) is 3.38. The van der Waals surface area contributed by atoms with Crippen molar-refractivity contribution in [2.24, 2.45) is 0 Å². The summed E-state index contributed by atoms with van der Waals surface area (Å²) in [6, 6.07) is 1.51. The van der Waals surface area contributed by atoms with Crippen LogP contribution < -0.4 is 9.49 Å². The van der Waals surface area contributed by atoms with Gasteiger partial charge in [0.05, 0.1) is 23.4 Å².